The molecule has 0 fully saturated rings. The lowest BCUT2D eigenvalue weighted by Crippen LogP contribution is -2.34. The Balaban J connectivity index is 1.57. The second kappa shape index (κ2) is 12.4. The highest BCUT2D eigenvalue weighted by Crippen LogP contribution is 2.32. The van der Waals surface area contributed by atoms with Crippen molar-refractivity contribution < 1.29 is 19.0 Å². The predicted octanol–water partition coefficient (Wildman–Crippen LogP) is 3.15. The molecule has 0 aromatic heterocycles. The molecule has 2 aromatic carbocycles. The Morgan fingerprint density at radius 1 is 1.09 bits per heavy atom. The molecule has 0 unspecified atom stereocenters. The first-order chi connectivity index (χ1) is 15.6. The van der Waals surface area contributed by atoms with E-state index in [1.807, 2.05) is 48.5 Å². The van der Waals surface area contributed by atoms with Crippen LogP contribution in [0, 0.1) is 0 Å². The number of rotatable bonds is 9. The largest absolute Gasteiger partial charge is 0.494 e. The number of anilines is 1. The van der Waals surface area contributed by atoms with Crippen LogP contribution < -0.4 is 24.8 Å². The number of amides is 1. The van der Waals surface area contributed by atoms with E-state index in [4.69, 9.17) is 14.2 Å². The molecule has 8 heteroatoms. The summed E-state index contributed by atoms with van der Waals surface area (Å²) in [5.74, 6) is 2.97. The first-order valence-corrected chi connectivity index (χ1v) is 10.9. The van der Waals surface area contributed by atoms with E-state index in [-0.39, 0.29) is 5.91 Å². The molecule has 8 nitrogen and oxygen atoms in total. The Hall–Kier alpha value is -3.42. The van der Waals surface area contributed by atoms with E-state index < -0.39 is 0 Å². The Morgan fingerprint density at radius 2 is 1.88 bits per heavy atom. The van der Waals surface area contributed by atoms with Crippen LogP contribution in [0.15, 0.2) is 53.5 Å². The molecule has 0 bridgehead atoms. The average Bonchev–Trinajstić information content (AvgIpc) is 3.04. The Labute approximate surface area is 189 Å². The van der Waals surface area contributed by atoms with Crippen LogP contribution in [-0.4, -0.2) is 63.8 Å². The molecule has 1 amide bonds. The standard InChI is InChI=1S/C24H32N4O4/c1-28(2)23(29)12-14-26-24(25-13-6-15-30-20-8-4-3-5-9-20)27-19-10-11-21-22(18-19)32-17-7-16-31-21/h3-5,8-11,18H,6-7,12-17H2,1-2H3,(H2,25,26,27). The third kappa shape index (κ3) is 7.68. The summed E-state index contributed by atoms with van der Waals surface area (Å²) in [6.07, 6.45) is 2.00. The van der Waals surface area contributed by atoms with Crippen molar-refractivity contribution >= 4 is 17.6 Å². The lowest BCUT2D eigenvalue weighted by Gasteiger charge is -2.15. The number of hydrogen-bond acceptors (Lipinski definition) is 5. The van der Waals surface area contributed by atoms with Crippen LogP contribution in [0.3, 0.4) is 0 Å². The first kappa shape index (κ1) is 23.2. The van der Waals surface area contributed by atoms with Gasteiger partial charge in [0.1, 0.15) is 5.75 Å². The molecule has 2 aromatic rings. The predicted molar refractivity (Wildman–Crippen MR) is 126 cm³/mol. The third-order valence-electron chi connectivity index (χ3n) is 4.72. The van der Waals surface area contributed by atoms with Crippen molar-refractivity contribution in [3.63, 3.8) is 0 Å². The van der Waals surface area contributed by atoms with E-state index in [0.29, 0.717) is 51.0 Å². The summed E-state index contributed by atoms with van der Waals surface area (Å²) in [7, 11) is 3.50. The average molecular weight is 441 g/mol. The van der Waals surface area contributed by atoms with Gasteiger partial charge < -0.3 is 29.7 Å². The summed E-state index contributed by atoms with van der Waals surface area (Å²) in [6.45, 7) is 2.91. The summed E-state index contributed by atoms with van der Waals surface area (Å²) < 4.78 is 17.2. The topological polar surface area (TPSA) is 84.4 Å². The monoisotopic (exact) mass is 440 g/mol. The van der Waals surface area contributed by atoms with E-state index in [2.05, 4.69) is 15.6 Å². The summed E-state index contributed by atoms with van der Waals surface area (Å²) in [6, 6.07) is 15.4. The van der Waals surface area contributed by atoms with Gasteiger partial charge >= 0.3 is 0 Å². The van der Waals surface area contributed by atoms with Crippen molar-refractivity contribution in [3.8, 4) is 17.2 Å². The highest BCUT2D eigenvalue weighted by molar-refractivity contribution is 5.94. The van der Waals surface area contributed by atoms with Crippen LogP contribution >= 0.6 is 0 Å². The van der Waals surface area contributed by atoms with Crippen LogP contribution in [0.5, 0.6) is 17.2 Å². The second-order valence-corrected chi connectivity index (χ2v) is 7.55. The van der Waals surface area contributed by atoms with Gasteiger partial charge in [-0.3, -0.25) is 9.79 Å². The summed E-state index contributed by atoms with van der Waals surface area (Å²) in [4.78, 5) is 18.1. The molecular weight excluding hydrogens is 408 g/mol. The van der Waals surface area contributed by atoms with E-state index >= 15 is 0 Å². The van der Waals surface area contributed by atoms with Crippen LogP contribution in [-0.2, 0) is 4.79 Å². The SMILES string of the molecule is CN(C)C(=O)CCNC(=NCCCOc1ccccc1)Nc1ccc2c(c1)OCCCO2. The van der Waals surface area contributed by atoms with Crippen LogP contribution in [0.4, 0.5) is 5.69 Å². The minimum atomic E-state index is 0.0590. The van der Waals surface area contributed by atoms with Gasteiger partial charge in [-0.25, -0.2) is 0 Å². The maximum Gasteiger partial charge on any atom is 0.223 e. The maximum atomic E-state index is 11.9. The third-order valence-corrected chi connectivity index (χ3v) is 4.72. The van der Waals surface area contributed by atoms with Gasteiger partial charge in [0.25, 0.3) is 0 Å². The minimum absolute atomic E-state index is 0.0590. The highest BCUT2D eigenvalue weighted by atomic mass is 16.5. The number of hydrogen-bond donors (Lipinski definition) is 2. The number of ether oxygens (including phenoxy) is 3. The van der Waals surface area contributed by atoms with E-state index in [1.165, 1.54) is 0 Å². The molecule has 0 aliphatic carbocycles. The van der Waals surface area contributed by atoms with Gasteiger partial charge in [0, 0.05) is 58.2 Å². The number of benzene rings is 2. The molecule has 1 heterocycles. The molecule has 1 aliphatic rings. The van der Waals surface area contributed by atoms with E-state index in [9.17, 15) is 4.79 Å². The molecule has 32 heavy (non-hydrogen) atoms. The van der Waals surface area contributed by atoms with Crippen molar-refractivity contribution in [2.45, 2.75) is 19.3 Å². The molecule has 1 aliphatic heterocycles. The fourth-order valence-corrected chi connectivity index (χ4v) is 2.99. The molecule has 0 saturated heterocycles. The van der Waals surface area contributed by atoms with Crippen LogP contribution in [0.1, 0.15) is 19.3 Å². The van der Waals surface area contributed by atoms with Crippen molar-refractivity contribution in [1.82, 2.24) is 10.2 Å². The van der Waals surface area contributed by atoms with Crippen LogP contribution in [0.2, 0.25) is 0 Å². The lowest BCUT2D eigenvalue weighted by atomic mass is 10.2. The van der Waals surface area contributed by atoms with Gasteiger partial charge in [-0.05, 0) is 24.3 Å². The highest BCUT2D eigenvalue weighted by Gasteiger charge is 2.12. The molecule has 0 spiro atoms. The number of nitrogens with zero attached hydrogens (tertiary/aromatic N) is 2. The number of carbonyl (C=O) groups excluding carboxylic acids is 1. The van der Waals surface area contributed by atoms with Crippen molar-refractivity contribution in [1.29, 1.82) is 0 Å². The zero-order valence-electron chi connectivity index (χ0n) is 18.8. The van der Waals surface area contributed by atoms with Crippen LogP contribution in [0.25, 0.3) is 0 Å². The van der Waals surface area contributed by atoms with Gasteiger partial charge in [-0.2, -0.15) is 0 Å². The van der Waals surface area contributed by atoms with Crippen molar-refractivity contribution in [3.05, 3.63) is 48.5 Å². The zero-order chi connectivity index (χ0) is 22.6. The Bertz CT molecular complexity index is 887. The van der Waals surface area contributed by atoms with Gasteiger partial charge in [0.2, 0.25) is 5.91 Å². The smallest absolute Gasteiger partial charge is 0.223 e. The lowest BCUT2D eigenvalue weighted by molar-refractivity contribution is -0.128. The summed E-state index contributed by atoms with van der Waals surface area (Å²) in [5, 5.41) is 6.53. The quantitative estimate of drug-likeness (QED) is 0.354. The van der Waals surface area contributed by atoms with Gasteiger partial charge in [-0.15, -0.1) is 0 Å². The molecule has 3 rings (SSSR count). The molecule has 0 radical (unpaired) electrons. The molecule has 172 valence electrons. The number of guanidine groups is 1. The normalized spacial score (nSPS) is 13.1. The summed E-state index contributed by atoms with van der Waals surface area (Å²) >= 11 is 0. The molecular formula is C24H32N4O4. The molecule has 2 N–H and O–H groups in total. The van der Waals surface area contributed by atoms with Crippen molar-refractivity contribution in [2.24, 2.45) is 4.99 Å². The maximum absolute atomic E-state index is 11.9. The second-order valence-electron chi connectivity index (χ2n) is 7.55. The summed E-state index contributed by atoms with van der Waals surface area (Å²) in [5.41, 5.74) is 0.833. The van der Waals surface area contributed by atoms with E-state index in [1.54, 1.807) is 19.0 Å². The number of nitrogens with one attached hydrogen (secondary N) is 2. The van der Waals surface area contributed by atoms with E-state index in [0.717, 1.165) is 30.0 Å². The number of para-hydroxylation sites is 1. The minimum Gasteiger partial charge on any atom is -0.494 e. The fraction of sp³-hybridized carbons (Fsp3) is 0.417. The number of carbonyl (C=O) groups is 1. The number of fused-ring (bicyclic) bond motifs is 1. The first-order valence-electron chi connectivity index (χ1n) is 10.9. The van der Waals surface area contributed by atoms with Gasteiger partial charge in [-0.1, -0.05) is 18.2 Å². The molecule has 0 atom stereocenters. The van der Waals surface area contributed by atoms with Gasteiger partial charge in [0.05, 0.1) is 19.8 Å². The Kier molecular flexibility index (Phi) is 9.04. The zero-order valence-corrected chi connectivity index (χ0v) is 18.8. The molecule has 0 saturated carbocycles. The van der Waals surface area contributed by atoms with Gasteiger partial charge in [0.15, 0.2) is 17.5 Å². The number of aliphatic imine (C=N–C) groups is 1. The van der Waals surface area contributed by atoms with Crippen molar-refractivity contribution in [2.75, 3.05) is 52.3 Å². The fourth-order valence-electron chi connectivity index (χ4n) is 2.99. The Morgan fingerprint density at radius 3 is 2.66 bits per heavy atom.